The van der Waals surface area contributed by atoms with Gasteiger partial charge in [0.1, 0.15) is 0 Å². The van der Waals surface area contributed by atoms with E-state index in [0.29, 0.717) is 5.89 Å². The van der Waals surface area contributed by atoms with E-state index in [9.17, 15) is 13.2 Å². The highest BCUT2D eigenvalue weighted by Crippen LogP contribution is 2.17. The minimum Gasteiger partial charge on any atom is -0.424 e. The van der Waals surface area contributed by atoms with Crippen LogP contribution < -0.4 is 0 Å². The van der Waals surface area contributed by atoms with Gasteiger partial charge in [0, 0.05) is 20.6 Å². The fraction of sp³-hybridized carbons (Fsp3) is 0.778. The number of rotatable bonds is 6. The summed E-state index contributed by atoms with van der Waals surface area (Å²) in [7, 11) is 1.43. The summed E-state index contributed by atoms with van der Waals surface area (Å²) in [4.78, 5) is 1.15. The Kier molecular flexibility index (Phi) is 4.88. The summed E-state index contributed by atoms with van der Waals surface area (Å²) < 4.78 is 46.7. The molecule has 1 heterocycles. The van der Waals surface area contributed by atoms with E-state index in [0.717, 1.165) is 4.90 Å². The van der Waals surface area contributed by atoms with Crippen molar-refractivity contribution in [2.75, 3.05) is 26.8 Å². The molecule has 1 aromatic rings. The van der Waals surface area contributed by atoms with Crippen LogP contribution >= 0.6 is 0 Å². The first-order valence-corrected chi connectivity index (χ1v) is 4.98. The first-order chi connectivity index (χ1) is 7.90. The van der Waals surface area contributed by atoms with Gasteiger partial charge in [0.15, 0.2) is 0 Å². The third-order valence-electron chi connectivity index (χ3n) is 1.94. The topological polar surface area (TPSA) is 51.4 Å². The van der Waals surface area contributed by atoms with Crippen LogP contribution in [0.2, 0.25) is 0 Å². The lowest BCUT2D eigenvalue weighted by atomic mass is 10.4. The highest BCUT2D eigenvalue weighted by Gasteiger charge is 2.31. The van der Waals surface area contributed by atoms with Crippen LogP contribution in [0.5, 0.6) is 0 Å². The van der Waals surface area contributed by atoms with Crippen molar-refractivity contribution in [2.24, 2.45) is 0 Å². The molecule has 0 amide bonds. The number of aryl methyl sites for hydroxylation is 1. The molecule has 0 bridgehead atoms. The molecular weight excluding hydrogens is 239 g/mol. The van der Waals surface area contributed by atoms with Crippen molar-refractivity contribution in [3.63, 3.8) is 0 Å². The van der Waals surface area contributed by atoms with Gasteiger partial charge in [-0.1, -0.05) is 0 Å². The van der Waals surface area contributed by atoms with Crippen molar-refractivity contribution in [1.29, 1.82) is 0 Å². The number of nitrogens with zero attached hydrogens (tertiary/aromatic N) is 3. The van der Waals surface area contributed by atoms with Gasteiger partial charge in [-0.3, -0.25) is 4.90 Å². The second-order valence-electron chi connectivity index (χ2n) is 3.53. The molecule has 8 heteroatoms. The number of hydrogen-bond donors (Lipinski definition) is 0. The Morgan fingerprint density at radius 1 is 1.35 bits per heavy atom. The standard InChI is InChI=1S/C9H14F3N3O2/c1-7-13-14-8(17-7)5-15(3-4-16-2)6-9(10,11)12/h3-6H2,1-2H3. The molecule has 0 spiro atoms. The van der Waals surface area contributed by atoms with Gasteiger partial charge in [-0.05, 0) is 0 Å². The summed E-state index contributed by atoms with van der Waals surface area (Å²) >= 11 is 0. The number of alkyl halides is 3. The summed E-state index contributed by atoms with van der Waals surface area (Å²) in [6.07, 6.45) is -4.26. The lowest BCUT2D eigenvalue weighted by molar-refractivity contribution is -0.148. The van der Waals surface area contributed by atoms with Gasteiger partial charge in [-0.15, -0.1) is 10.2 Å². The molecular formula is C9H14F3N3O2. The van der Waals surface area contributed by atoms with Crippen LogP contribution in [0, 0.1) is 6.92 Å². The maximum Gasteiger partial charge on any atom is 0.401 e. The summed E-state index contributed by atoms with van der Waals surface area (Å²) in [6.45, 7) is 0.877. The maximum absolute atomic E-state index is 12.3. The van der Waals surface area contributed by atoms with Crippen LogP contribution in [0.1, 0.15) is 11.8 Å². The van der Waals surface area contributed by atoms with Gasteiger partial charge in [-0.2, -0.15) is 13.2 Å². The molecule has 0 aliphatic rings. The summed E-state index contributed by atoms with van der Waals surface area (Å²) in [5.74, 6) is 0.501. The second-order valence-corrected chi connectivity index (χ2v) is 3.53. The minimum atomic E-state index is -4.26. The quantitative estimate of drug-likeness (QED) is 0.766. The summed E-state index contributed by atoms with van der Waals surface area (Å²) in [6, 6.07) is 0. The average Bonchev–Trinajstić information content (AvgIpc) is 2.58. The Morgan fingerprint density at radius 2 is 2.06 bits per heavy atom. The molecule has 0 N–H and O–H groups in total. The van der Waals surface area contributed by atoms with Gasteiger partial charge >= 0.3 is 6.18 Å². The van der Waals surface area contributed by atoms with E-state index < -0.39 is 12.7 Å². The van der Waals surface area contributed by atoms with Crippen molar-refractivity contribution in [1.82, 2.24) is 15.1 Å². The van der Waals surface area contributed by atoms with Crippen LogP contribution in [0.4, 0.5) is 13.2 Å². The molecule has 17 heavy (non-hydrogen) atoms. The molecule has 0 aromatic carbocycles. The van der Waals surface area contributed by atoms with Crippen LogP contribution in [-0.4, -0.2) is 48.1 Å². The van der Waals surface area contributed by atoms with E-state index in [-0.39, 0.29) is 25.6 Å². The highest BCUT2D eigenvalue weighted by atomic mass is 19.4. The predicted molar refractivity (Wildman–Crippen MR) is 52.2 cm³/mol. The van der Waals surface area contributed by atoms with E-state index in [1.807, 2.05) is 0 Å². The average molecular weight is 253 g/mol. The predicted octanol–water partition coefficient (Wildman–Crippen LogP) is 1.39. The number of aromatic nitrogens is 2. The lowest BCUT2D eigenvalue weighted by Gasteiger charge is -2.21. The van der Waals surface area contributed by atoms with E-state index >= 15 is 0 Å². The normalized spacial score (nSPS) is 12.4. The van der Waals surface area contributed by atoms with Gasteiger partial charge in [0.25, 0.3) is 0 Å². The molecule has 0 atom stereocenters. The molecule has 0 unspecified atom stereocenters. The van der Waals surface area contributed by atoms with Gasteiger partial charge in [-0.25, -0.2) is 0 Å². The first-order valence-electron chi connectivity index (χ1n) is 4.98. The van der Waals surface area contributed by atoms with Crippen molar-refractivity contribution < 1.29 is 22.3 Å². The molecule has 1 rings (SSSR count). The van der Waals surface area contributed by atoms with E-state index in [1.165, 1.54) is 7.11 Å². The van der Waals surface area contributed by atoms with E-state index in [1.54, 1.807) is 6.92 Å². The molecule has 98 valence electrons. The maximum atomic E-state index is 12.3. The van der Waals surface area contributed by atoms with Gasteiger partial charge in [0.2, 0.25) is 11.8 Å². The van der Waals surface area contributed by atoms with Crippen molar-refractivity contribution >= 4 is 0 Å². The Morgan fingerprint density at radius 3 is 2.53 bits per heavy atom. The van der Waals surface area contributed by atoms with Crippen molar-refractivity contribution in [3.8, 4) is 0 Å². The minimum absolute atomic E-state index is 0.0380. The third-order valence-corrected chi connectivity index (χ3v) is 1.94. The number of halogens is 3. The second kappa shape index (κ2) is 5.97. The van der Waals surface area contributed by atoms with Crippen LogP contribution in [-0.2, 0) is 11.3 Å². The smallest absolute Gasteiger partial charge is 0.401 e. The fourth-order valence-electron chi connectivity index (χ4n) is 1.28. The number of methoxy groups -OCH3 is 1. The zero-order valence-corrected chi connectivity index (χ0v) is 9.62. The molecule has 0 radical (unpaired) electrons. The lowest BCUT2D eigenvalue weighted by Crippen LogP contribution is -2.36. The van der Waals surface area contributed by atoms with E-state index in [2.05, 4.69) is 10.2 Å². The molecule has 0 saturated carbocycles. The monoisotopic (exact) mass is 253 g/mol. The SMILES string of the molecule is COCCN(Cc1nnc(C)o1)CC(F)(F)F. The van der Waals surface area contributed by atoms with Crippen molar-refractivity contribution in [2.45, 2.75) is 19.6 Å². The molecule has 1 aromatic heterocycles. The number of hydrogen-bond acceptors (Lipinski definition) is 5. The largest absolute Gasteiger partial charge is 0.424 e. The Hall–Kier alpha value is -1.15. The Labute approximate surface area is 96.6 Å². The van der Waals surface area contributed by atoms with Gasteiger partial charge in [0.05, 0.1) is 19.7 Å². The zero-order valence-electron chi connectivity index (χ0n) is 9.62. The summed E-state index contributed by atoms with van der Waals surface area (Å²) in [5.41, 5.74) is 0. The van der Waals surface area contributed by atoms with Crippen LogP contribution in [0.15, 0.2) is 4.42 Å². The molecule has 0 aliphatic heterocycles. The van der Waals surface area contributed by atoms with Crippen molar-refractivity contribution in [3.05, 3.63) is 11.8 Å². The fourth-order valence-corrected chi connectivity index (χ4v) is 1.28. The van der Waals surface area contributed by atoms with Crippen LogP contribution in [0.25, 0.3) is 0 Å². The first kappa shape index (κ1) is 13.9. The zero-order chi connectivity index (χ0) is 12.9. The Balaban J connectivity index is 2.56. The Bertz CT molecular complexity index is 340. The highest BCUT2D eigenvalue weighted by molar-refractivity contribution is 4.80. The van der Waals surface area contributed by atoms with Gasteiger partial charge < -0.3 is 9.15 Å². The summed E-state index contributed by atoms with van der Waals surface area (Å²) in [5, 5.41) is 7.22. The number of ether oxygens (including phenoxy) is 1. The third kappa shape index (κ3) is 5.64. The van der Waals surface area contributed by atoms with Crippen LogP contribution in [0.3, 0.4) is 0 Å². The molecule has 0 aliphatic carbocycles. The molecule has 5 nitrogen and oxygen atoms in total. The van der Waals surface area contributed by atoms with E-state index in [4.69, 9.17) is 9.15 Å². The molecule has 0 saturated heterocycles. The molecule has 0 fully saturated rings.